The van der Waals surface area contributed by atoms with Crippen molar-refractivity contribution in [2.45, 2.75) is 40.0 Å². The molecule has 0 aliphatic rings. The van der Waals surface area contributed by atoms with E-state index in [1.165, 1.54) is 17.0 Å². The van der Waals surface area contributed by atoms with Crippen molar-refractivity contribution in [3.8, 4) is 5.82 Å². The molecule has 2 rings (SSSR count). The highest BCUT2D eigenvalue weighted by Gasteiger charge is 2.07. The average Bonchev–Trinajstić information content (AvgIpc) is 2.69. The van der Waals surface area contributed by atoms with E-state index in [0.29, 0.717) is 6.42 Å². The van der Waals surface area contributed by atoms with Crippen LogP contribution in [0.25, 0.3) is 5.82 Å². The van der Waals surface area contributed by atoms with Crippen LogP contribution in [0.2, 0.25) is 0 Å². The summed E-state index contributed by atoms with van der Waals surface area (Å²) in [5.74, 6) is 0.968. The molecule has 2 heterocycles. The molecule has 102 valence electrons. The summed E-state index contributed by atoms with van der Waals surface area (Å²) in [5, 5.41) is 0. The Balaban J connectivity index is 2.31. The molecule has 0 aromatic carbocycles. The van der Waals surface area contributed by atoms with Gasteiger partial charge in [-0.25, -0.2) is 4.98 Å². The highest BCUT2D eigenvalue weighted by atomic mass is 19.1. The Bertz CT molecular complexity index is 538. The molecule has 0 radical (unpaired) electrons. The lowest BCUT2D eigenvalue weighted by atomic mass is 10.1. The molecule has 0 unspecified atom stereocenters. The monoisotopic (exact) mass is 260 g/mol. The van der Waals surface area contributed by atoms with Crippen molar-refractivity contribution in [3.05, 3.63) is 46.9 Å². The summed E-state index contributed by atoms with van der Waals surface area (Å²) in [5.41, 5.74) is 4.62. The van der Waals surface area contributed by atoms with E-state index in [-0.39, 0.29) is 6.67 Å². The van der Waals surface area contributed by atoms with Gasteiger partial charge < -0.3 is 4.57 Å². The van der Waals surface area contributed by atoms with Crippen LogP contribution in [-0.4, -0.2) is 16.2 Å². The summed E-state index contributed by atoms with van der Waals surface area (Å²) in [7, 11) is 0. The van der Waals surface area contributed by atoms with E-state index in [1.807, 2.05) is 0 Å². The summed E-state index contributed by atoms with van der Waals surface area (Å²) >= 11 is 0. The normalized spacial score (nSPS) is 10.9. The van der Waals surface area contributed by atoms with Gasteiger partial charge in [0.2, 0.25) is 0 Å². The zero-order chi connectivity index (χ0) is 13.8. The van der Waals surface area contributed by atoms with E-state index in [2.05, 4.69) is 49.6 Å². The van der Waals surface area contributed by atoms with Crippen LogP contribution in [0.3, 0.4) is 0 Å². The molecule has 19 heavy (non-hydrogen) atoms. The molecule has 2 aromatic rings. The zero-order valence-electron chi connectivity index (χ0n) is 11.9. The highest BCUT2D eigenvalue weighted by molar-refractivity contribution is 5.35. The van der Waals surface area contributed by atoms with Crippen LogP contribution in [0.1, 0.15) is 35.5 Å². The van der Waals surface area contributed by atoms with Crippen LogP contribution in [0.4, 0.5) is 4.39 Å². The number of aryl methyl sites for hydroxylation is 4. The van der Waals surface area contributed by atoms with E-state index in [0.717, 1.165) is 24.4 Å². The van der Waals surface area contributed by atoms with Gasteiger partial charge in [0.1, 0.15) is 5.82 Å². The Labute approximate surface area is 114 Å². The number of alkyl halides is 1. The number of nitrogens with zero attached hydrogens (tertiary/aromatic N) is 2. The van der Waals surface area contributed by atoms with Gasteiger partial charge >= 0.3 is 0 Å². The van der Waals surface area contributed by atoms with Crippen LogP contribution >= 0.6 is 0 Å². The molecule has 2 nitrogen and oxygen atoms in total. The third-order valence-corrected chi connectivity index (χ3v) is 3.33. The summed E-state index contributed by atoms with van der Waals surface area (Å²) in [6, 6.07) is 8.39. The second-order valence-corrected chi connectivity index (χ2v) is 5.09. The molecule has 0 spiro atoms. The van der Waals surface area contributed by atoms with E-state index >= 15 is 0 Å². The van der Waals surface area contributed by atoms with Gasteiger partial charge in [-0.15, -0.1) is 0 Å². The maximum Gasteiger partial charge on any atom is 0.137 e. The molecule has 2 aromatic heterocycles. The standard InChI is InChI=1S/C16H21FN2/c1-12-10-15(6-4-5-9-17)18-16(11-12)19-13(2)7-8-14(19)3/h7-8,10-11H,4-6,9H2,1-3H3. The second-order valence-electron chi connectivity index (χ2n) is 5.09. The summed E-state index contributed by atoms with van der Waals surface area (Å²) in [6.45, 7) is 6.01. The number of halogens is 1. The van der Waals surface area contributed by atoms with Gasteiger partial charge in [-0.3, -0.25) is 4.39 Å². The van der Waals surface area contributed by atoms with Gasteiger partial charge in [0.15, 0.2) is 0 Å². The van der Waals surface area contributed by atoms with Gasteiger partial charge in [-0.2, -0.15) is 0 Å². The van der Waals surface area contributed by atoms with Crippen molar-refractivity contribution in [2.24, 2.45) is 0 Å². The molecule has 0 saturated heterocycles. The third-order valence-electron chi connectivity index (χ3n) is 3.33. The highest BCUT2D eigenvalue weighted by Crippen LogP contribution is 2.17. The lowest BCUT2D eigenvalue weighted by molar-refractivity contribution is 0.461. The molecule has 0 fully saturated rings. The number of pyridine rings is 1. The Kier molecular flexibility index (Phi) is 4.35. The Morgan fingerprint density at radius 2 is 1.74 bits per heavy atom. The predicted octanol–water partition coefficient (Wildman–Crippen LogP) is 4.09. The Morgan fingerprint density at radius 1 is 1.05 bits per heavy atom. The van der Waals surface area contributed by atoms with Crippen molar-refractivity contribution in [1.29, 1.82) is 0 Å². The van der Waals surface area contributed by atoms with Gasteiger partial charge in [-0.1, -0.05) is 0 Å². The third kappa shape index (κ3) is 3.22. The van der Waals surface area contributed by atoms with E-state index in [4.69, 9.17) is 4.98 Å². The minimum Gasteiger partial charge on any atom is -0.303 e. The van der Waals surface area contributed by atoms with Crippen molar-refractivity contribution in [3.63, 3.8) is 0 Å². The molecular formula is C16H21FN2. The quantitative estimate of drug-likeness (QED) is 0.740. The minimum absolute atomic E-state index is 0.242. The first-order chi connectivity index (χ1) is 9.11. The van der Waals surface area contributed by atoms with Crippen LogP contribution < -0.4 is 0 Å². The Hall–Kier alpha value is -1.64. The molecule has 0 aliphatic carbocycles. The first-order valence-electron chi connectivity index (χ1n) is 6.80. The Morgan fingerprint density at radius 3 is 2.37 bits per heavy atom. The first kappa shape index (κ1) is 13.8. The number of hydrogen-bond acceptors (Lipinski definition) is 1. The van der Waals surface area contributed by atoms with Crippen LogP contribution in [-0.2, 0) is 6.42 Å². The van der Waals surface area contributed by atoms with Crippen LogP contribution in [0.15, 0.2) is 24.3 Å². The smallest absolute Gasteiger partial charge is 0.137 e. The van der Waals surface area contributed by atoms with Gasteiger partial charge in [-0.05, 0) is 69.9 Å². The maximum atomic E-state index is 12.2. The average molecular weight is 260 g/mol. The summed E-state index contributed by atoms with van der Waals surface area (Å²) < 4.78 is 14.3. The van der Waals surface area contributed by atoms with Crippen molar-refractivity contribution in [2.75, 3.05) is 6.67 Å². The molecule has 0 N–H and O–H groups in total. The fourth-order valence-electron chi connectivity index (χ4n) is 2.39. The van der Waals surface area contributed by atoms with Gasteiger partial charge in [0, 0.05) is 17.1 Å². The van der Waals surface area contributed by atoms with Crippen molar-refractivity contribution < 1.29 is 4.39 Å². The summed E-state index contributed by atoms with van der Waals surface area (Å²) in [6.07, 6.45) is 2.32. The minimum atomic E-state index is -0.242. The van der Waals surface area contributed by atoms with Crippen molar-refractivity contribution in [1.82, 2.24) is 9.55 Å². The molecule has 0 aliphatic heterocycles. The number of hydrogen-bond donors (Lipinski definition) is 0. The maximum absolute atomic E-state index is 12.2. The molecular weight excluding hydrogens is 239 g/mol. The van der Waals surface area contributed by atoms with Crippen LogP contribution in [0, 0.1) is 20.8 Å². The van der Waals surface area contributed by atoms with E-state index < -0.39 is 0 Å². The van der Waals surface area contributed by atoms with E-state index in [1.54, 1.807) is 0 Å². The fraction of sp³-hybridized carbons (Fsp3) is 0.438. The van der Waals surface area contributed by atoms with Gasteiger partial charge in [0.05, 0.1) is 6.67 Å². The first-order valence-corrected chi connectivity index (χ1v) is 6.80. The topological polar surface area (TPSA) is 17.8 Å². The second kappa shape index (κ2) is 6.00. The van der Waals surface area contributed by atoms with Crippen molar-refractivity contribution >= 4 is 0 Å². The molecule has 3 heteroatoms. The largest absolute Gasteiger partial charge is 0.303 e. The molecule has 0 bridgehead atoms. The lowest BCUT2D eigenvalue weighted by Crippen LogP contribution is -2.04. The zero-order valence-corrected chi connectivity index (χ0v) is 11.9. The predicted molar refractivity (Wildman–Crippen MR) is 76.7 cm³/mol. The summed E-state index contributed by atoms with van der Waals surface area (Å²) in [4.78, 5) is 4.71. The number of aromatic nitrogens is 2. The lowest BCUT2D eigenvalue weighted by Gasteiger charge is -2.11. The number of rotatable bonds is 5. The molecule has 0 saturated carbocycles. The SMILES string of the molecule is Cc1cc(CCCCF)nc(-n2c(C)ccc2C)c1. The fourth-order valence-corrected chi connectivity index (χ4v) is 2.39. The molecule has 0 amide bonds. The van der Waals surface area contributed by atoms with Crippen LogP contribution in [0.5, 0.6) is 0 Å². The molecule has 0 atom stereocenters. The van der Waals surface area contributed by atoms with Gasteiger partial charge in [0.25, 0.3) is 0 Å². The van der Waals surface area contributed by atoms with E-state index in [9.17, 15) is 4.39 Å². The number of unbranched alkanes of at least 4 members (excludes halogenated alkanes) is 1.